The standard InChI is InChI=1S/C22H26FN5O8S/c1-14-3-4-15(2)16(9-14)10-21-25-20(12-35-22(29)13-34-7-8-36-28(30)31)26-27(21)19-6-5-17(11-18(19)23)37(24,32)33/h3-6,9,11,30-31H,7-8,10,12-13H2,1-2H3,(H2,24,32,33). The fourth-order valence-corrected chi connectivity index (χ4v) is 3.80. The SMILES string of the molecule is Cc1ccc(C)c(Cc2nc(COC(=O)COCCON(O)O)nn2-c2ccc(S(N)(=O)=O)cc2F)c1. The van der Waals surface area contributed by atoms with Crippen molar-refractivity contribution in [2.24, 2.45) is 5.14 Å². The molecule has 0 bridgehead atoms. The molecular formula is C22H26FN5O8S. The van der Waals surface area contributed by atoms with Crippen molar-refractivity contribution in [1.29, 1.82) is 0 Å². The Hall–Kier alpha value is -3.31. The zero-order valence-corrected chi connectivity index (χ0v) is 20.8. The molecule has 0 spiro atoms. The van der Waals surface area contributed by atoms with Crippen LogP contribution in [0.15, 0.2) is 41.3 Å². The number of nitrogens with two attached hydrogens (primary N) is 1. The van der Waals surface area contributed by atoms with E-state index < -0.39 is 38.7 Å². The zero-order valence-electron chi connectivity index (χ0n) is 20.0. The topological polar surface area (TPSA) is 179 Å². The number of primary sulfonamides is 1. The zero-order chi connectivity index (χ0) is 27.2. The van der Waals surface area contributed by atoms with Crippen LogP contribution >= 0.6 is 0 Å². The maximum absolute atomic E-state index is 14.9. The number of benzene rings is 2. The number of halogens is 1. The van der Waals surface area contributed by atoms with Gasteiger partial charge in [-0.1, -0.05) is 23.8 Å². The van der Waals surface area contributed by atoms with E-state index in [0.717, 1.165) is 28.8 Å². The van der Waals surface area contributed by atoms with Gasteiger partial charge in [-0.25, -0.2) is 37.2 Å². The Labute approximate surface area is 211 Å². The Bertz CT molecular complexity index is 1360. The van der Waals surface area contributed by atoms with Gasteiger partial charge in [-0.05, 0) is 43.2 Å². The maximum Gasteiger partial charge on any atom is 0.332 e. The molecule has 0 aliphatic carbocycles. The molecule has 4 N–H and O–H groups in total. The molecule has 0 saturated carbocycles. The monoisotopic (exact) mass is 539 g/mol. The maximum atomic E-state index is 14.9. The van der Waals surface area contributed by atoms with E-state index in [1.807, 2.05) is 32.0 Å². The summed E-state index contributed by atoms with van der Waals surface area (Å²) in [4.78, 5) is 20.2. The lowest BCUT2D eigenvalue weighted by Gasteiger charge is -2.10. The number of ether oxygens (including phenoxy) is 2. The molecule has 0 aliphatic heterocycles. The average molecular weight is 540 g/mol. The molecule has 2 aromatic carbocycles. The number of aryl methyl sites for hydroxylation is 2. The molecule has 1 heterocycles. The molecule has 1 aromatic heterocycles. The van der Waals surface area contributed by atoms with Crippen molar-refractivity contribution >= 4 is 16.0 Å². The van der Waals surface area contributed by atoms with E-state index in [4.69, 9.17) is 25.0 Å². The van der Waals surface area contributed by atoms with Crippen molar-refractivity contribution in [3.63, 3.8) is 0 Å². The summed E-state index contributed by atoms with van der Waals surface area (Å²) in [6, 6.07) is 9.04. The highest BCUT2D eigenvalue weighted by Crippen LogP contribution is 2.22. The van der Waals surface area contributed by atoms with E-state index in [0.29, 0.717) is 5.82 Å². The summed E-state index contributed by atoms with van der Waals surface area (Å²) in [6.07, 6.45) is 0.265. The van der Waals surface area contributed by atoms with Gasteiger partial charge in [0.2, 0.25) is 10.0 Å². The molecule has 200 valence electrons. The average Bonchev–Trinajstić information content (AvgIpc) is 3.21. The van der Waals surface area contributed by atoms with E-state index in [9.17, 15) is 17.6 Å². The van der Waals surface area contributed by atoms with Crippen LogP contribution in [-0.2, 0) is 42.2 Å². The number of rotatable bonds is 12. The first-order chi connectivity index (χ1) is 17.4. The molecule has 0 radical (unpaired) electrons. The Balaban J connectivity index is 1.82. The first-order valence-electron chi connectivity index (χ1n) is 10.8. The minimum Gasteiger partial charge on any atom is -0.456 e. The van der Waals surface area contributed by atoms with Gasteiger partial charge < -0.3 is 9.47 Å². The van der Waals surface area contributed by atoms with Gasteiger partial charge >= 0.3 is 5.97 Å². The molecule has 0 unspecified atom stereocenters. The van der Waals surface area contributed by atoms with Gasteiger partial charge in [0, 0.05) is 6.42 Å². The number of carbonyl (C=O) groups is 1. The van der Waals surface area contributed by atoms with Crippen LogP contribution in [0.4, 0.5) is 4.39 Å². The van der Waals surface area contributed by atoms with E-state index >= 15 is 0 Å². The molecule has 0 fully saturated rings. The second-order valence-electron chi connectivity index (χ2n) is 7.92. The number of aromatic nitrogens is 3. The molecule has 0 atom stereocenters. The van der Waals surface area contributed by atoms with Gasteiger partial charge in [-0.2, -0.15) is 0 Å². The van der Waals surface area contributed by atoms with Crippen molar-refractivity contribution in [3.05, 3.63) is 70.6 Å². The summed E-state index contributed by atoms with van der Waals surface area (Å²) in [5, 5.41) is 25.7. The molecule has 0 saturated heterocycles. The van der Waals surface area contributed by atoms with E-state index in [2.05, 4.69) is 14.9 Å². The van der Waals surface area contributed by atoms with E-state index in [-0.39, 0.29) is 37.8 Å². The van der Waals surface area contributed by atoms with Crippen LogP contribution in [0, 0.1) is 19.7 Å². The van der Waals surface area contributed by atoms with Crippen LogP contribution in [0.5, 0.6) is 0 Å². The second-order valence-corrected chi connectivity index (χ2v) is 9.48. The number of carbonyl (C=O) groups excluding carboxylic acids is 1. The predicted molar refractivity (Wildman–Crippen MR) is 123 cm³/mol. The van der Waals surface area contributed by atoms with Crippen molar-refractivity contribution in [2.45, 2.75) is 31.8 Å². The third kappa shape index (κ3) is 8.09. The van der Waals surface area contributed by atoms with Crippen LogP contribution in [0.2, 0.25) is 0 Å². The molecule has 0 amide bonds. The van der Waals surface area contributed by atoms with Crippen LogP contribution in [0.1, 0.15) is 28.3 Å². The third-order valence-electron chi connectivity index (χ3n) is 5.06. The van der Waals surface area contributed by atoms with Crippen LogP contribution in [0.3, 0.4) is 0 Å². The smallest absolute Gasteiger partial charge is 0.332 e. The quantitative estimate of drug-likeness (QED) is 0.172. The molecular weight excluding hydrogens is 513 g/mol. The third-order valence-corrected chi connectivity index (χ3v) is 5.97. The number of esters is 1. The summed E-state index contributed by atoms with van der Waals surface area (Å²) in [5.74, 6) is -1.24. The second kappa shape index (κ2) is 12.3. The Morgan fingerprint density at radius 2 is 1.92 bits per heavy atom. The van der Waals surface area contributed by atoms with E-state index in [1.165, 1.54) is 10.7 Å². The fraction of sp³-hybridized carbons (Fsp3) is 0.318. The summed E-state index contributed by atoms with van der Waals surface area (Å²) < 4.78 is 49.4. The van der Waals surface area contributed by atoms with Crippen LogP contribution in [-0.4, -0.2) is 64.8 Å². The van der Waals surface area contributed by atoms with Gasteiger partial charge in [-0.3, -0.25) is 10.4 Å². The minimum absolute atomic E-state index is 0.0667. The van der Waals surface area contributed by atoms with Gasteiger partial charge in [-0.15, -0.1) is 5.10 Å². The van der Waals surface area contributed by atoms with Crippen molar-refractivity contribution in [3.8, 4) is 5.69 Å². The Morgan fingerprint density at radius 1 is 1.16 bits per heavy atom. The lowest BCUT2D eigenvalue weighted by molar-refractivity contribution is -0.493. The summed E-state index contributed by atoms with van der Waals surface area (Å²) in [5.41, 5.74) is 2.84. The normalized spacial score (nSPS) is 11.8. The Morgan fingerprint density at radius 3 is 2.59 bits per heavy atom. The molecule has 3 aromatic rings. The first-order valence-corrected chi connectivity index (χ1v) is 12.4. The summed E-state index contributed by atoms with van der Waals surface area (Å²) in [6.45, 7) is 2.73. The summed E-state index contributed by atoms with van der Waals surface area (Å²) in [7, 11) is -4.11. The highest BCUT2D eigenvalue weighted by molar-refractivity contribution is 7.89. The summed E-state index contributed by atoms with van der Waals surface area (Å²) >= 11 is 0. The van der Waals surface area contributed by atoms with Crippen LogP contribution < -0.4 is 5.14 Å². The van der Waals surface area contributed by atoms with Gasteiger partial charge in [0.15, 0.2) is 12.4 Å². The first kappa shape index (κ1) is 28.3. The number of sulfonamides is 1. The molecule has 0 aliphatic rings. The van der Waals surface area contributed by atoms with Crippen molar-refractivity contribution in [1.82, 2.24) is 20.2 Å². The van der Waals surface area contributed by atoms with Gasteiger partial charge in [0.05, 0.1) is 23.5 Å². The largest absolute Gasteiger partial charge is 0.456 e. The molecule has 15 heteroatoms. The molecule has 13 nitrogen and oxygen atoms in total. The Kier molecular flexibility index (Phi) is 9.39. The lowest BCUT2D eigenvalue weighted by atomic mass is 10.0. The lowest BCUT2D eigenvalue weighted by Crippen LogP contribution is -2.20. The van der Waals surface area contributed by atoms with Crippen molar-refractivity contribution in [2.75, 3.05) is 19.8 Å². The fourth-order valence-electron chi connectivity index (χ4n) is 3.28. The van der Waals surface area contributed by atoms with Gasteiger partial charge in [0.25, 0.3) is 0 Å². The molecule has 37 heavy (non-hydrogen) atoms. The number of hydrogen-bond donors (Lipinski definition) is 3. The highest BCUT2D eigenvalue weighted by Gasteiger charge is 2.19. The minimum atomic E-state index is -4.11. The van der Waals surface area contributed by atoms with Crippen LogP contribution in [0.25, 0.3) is 5.69 Å². The van der Waals surface area contributed by atoms with Gasteiger partial charge in [0.1, 0.15) is 23.9 Å². The number of hydrogen-bond acceptors (Lipinski definition) is 11. The number of nitrogens with zero attached hydrogens (tertiary/aromatic N) is 4. The van der Waals surface area contributed by atoms with Crippen molar-refractivity contribution < 1.29 is 42.3 Å². The molecule has 3 rings (SSSR count). The highest BCUT2D eigenvalue weighted by atomic mass is 32.2. The predicted octanol–water partition coefficient (Wildman–Crippen LogP) is 1.33. The van der Waals surface area contributed by atoms with E-state index in [1.54, 1.807) is 0 Å².